The van der Waals surface area contributed by atoms with Crippen molar-refractivity contribution >= 4 is 23.6 Å². The Bertz CT molecular complexity index is 569. The summed E-state index contributed by atoms with van der Waals surface area (Å²) in [6.07, 6.45) is 1.59. The van der Waals surface area contributed by atoms with Crippen LogP contribution in [0.5, 0.6) is 0 Å². The topological polar surface area (TPSA) is 47.3 Å². The largest absolute Gasteiger partial charge is 0.335 e. The molecule has 0 N–H and O–H groups in total. The van der Waals surface area contributed by atoms with Crippen molar-refractivity contribution in [3.05, 3.63) is 40.4 Å². The molecule has 0 radical (unpaired) electrons. The molecule has 1 aliphatic heterocycles. The van der Waals surface area contributed by atoms with Crippen molar-refractivity contribution in [3.8, 4) is 6.07 Å². The van der Waals surface area contributed by atoms with Crippen LogP contribution in [0.25, 0.3) is 6.08 Å². The van der Waals surface area contributed by atoms with E-state index < -0.39 is 0 Å². The zero-order chi connectivity index (χ0) is 14.5. The number of halogens is 1. The molecule has 5 heteroatoms. The Kier molecular flexibility index (Phi) is 4.78. The van der Waals surface area contributed by atoms with E-state index in [4.69, 9.17) is 11.6 Å². The molecule has 1 saturated heterocycles. The molecule has 0 bridgehead atoms. The molecule has 1 aromatic rings. The molecule has 4 nitrogen and oxygen atoms in total. The van der Waals surface area contributed by atoms with Crippen LogP contribution in [0, 0.1) is 11.3 Å². The number of carbonyl (C=O) groups is 1. The van der Waals surface area contributed by atoms with Gasteiger partial charge in [0, 0.05) is 31.2 Å². The number of nitriles is 1. The van der Waals surface area contributed by atoms with E-state index in [1.54, 1.807) is 29.2 Å². The standard InChI is InChI=1S/C15H16ClN3O/c1-18-5-7-19(8-6-18)15(20)13(11-17)9-12-3-2-4-14(16)10-12/h2-4,9-10H,5-8H2,1H3/b13-9+. The van der Waals surface area contributed by atoms with Crippen molar-refractivity contribution in [2.24, 2.45) is 0 Å². The highest BCUT2D eigenvalue weighted by Crippen LogP contribution is 2.15. The van der Waals surface area contributed by atoms with Crippen LogP contribution in [0.1, 0.15) is 5.56 Å². The summed E-state index contributed by atoms with van der Waals surface area (Å²) in [5, 5.41) is 9.79. The van der Waals surface area contributed by atoms with Gasteiger partial charge in [-0.05, 0) is 30.8 Å². The summed E-state index contributed by atoms with van der Waals surface area (Å²) in [4.78, 5) is 16.2. The van der Waals surface area contributed by atoms with Crippen LogP contribution in [-0.2, 0) is 4.79 Å². The van der Waals surface area contributed by atoms with Gasteiger partial charge in [-0.1, -0.05) is 23.7 Å². The molecule has 0 aliphatic carbocycles. The molecule has 0 spiro atoms. The second-order valence-corrected chi connectivity index (χ2v) is 5.26. The number of rotatable bonds is 2. The molecule has 1 aliphatic rings. The van der Waals surface area contributed by atoms with Gasteiger partial charge in [0.15, 0.2) is 0 Å². The third kappa shape index (κ3) is 3.60. The Morgan fingerprint density at radius 2 is 2.05 bits per heavy atom. The molecule has 0 saturated carbocycles. The molecule has 1 fully saturated rings. The normalized spacial score (nSPS) is 16.9. The zero-order valence-corrected chi connectivity index (χ0v) is 12.1. The second kappa shape index (κ2) is 6.56. The van der Waals surface area contributed by atoms with Gasteiger partial charge in [-0.25, -0.2) is 0 Å². The first-order valence-electron chi connectivity index (χ1n) is 6.45. The molecule has 0 atom stereocenters. The molecule has 20 heavy (non-hydrogen) atoms. The van der Waals surface area contributed by atoms with E-state index in [1.807, 2.05) is 19.2 Å². The number of nitrogens with zero attached hydrogens (tertiary/aromatic N) is 3. The van der Waals surface area contributed by atoms with Crippen LogP contribution in [0.3, 0.4) is 0 Å². The quantitative estimate of drug-likeness (QED) is 0.618. The zero-order valence-electron chi connectivity index (χ0n) is 11.3. The molecule has 0 unspecified atom stereocenters. The highest BCUT2D eigenvalue weighted by atomic mass is 35.5. The van der Waals surface area contributed by atoms with Crippen LogP contribution in [0.4, 0.5) is 0 Å². The minimum Gasteiger partial charge on any atom is -0.335 e. The van der Waals surface area contributed by atoms with E-state index in [-0.39, 0.29) is 11.5 Å². The third-order valence-electron chi connectivity index (χ3n) is 3.30. The van der Waals surface area contributed by atoms with E-state index in [0.29, 0.717) is 18.1 Å². The van der Waals surface area contributed by atoms with E-state index in [1.165, 1.54) is 0 Å². The lowest BCUT2D eigenvalue weighted by atomic mass is 10.1. The van der Waals surface area contributed by atoms with Crippen molar-refractivity contribution in [2.45, 2.75) is 0 Å². The highest BCUT2D eigenvalue weighted by Gasteiger charge is 2.21. The van der Waals surface area contributed by atoms with Crippen LogP contribution < -0.4 is 0 Å². The van der Waals surface area contributed by atoms with Crippen molar-refractivity contribution in [2.75, 3.05) is 33.2 Å². The van der Waals surface area contributed by atoms with Crippen molar-refractivity contribution in [3.63, 3.8) is 0 Å². The van der Waals surface area contributed by atoms with Gasteiger partial charge >= 0.3 is 0 Å². The summed E-state index contributed by atoms with van der Waals surface area (Å²) in [5.74, 6) is -0.208. The Labute approximate surface area is 123 Å². The number of hydrogen-bond donors (Lipinski definition) is 0. The summed E-state index contributed by atoms with van der Waals surface area (Å²) in [6.45, 7) is 2.98. The Balaban J connectivity index is 2.16. The first-order valence-corrected chi connectivity index (χ1v) is 6.83. The molecule has 104 valence electrons. The smallest absolute Gasteiger partial charge is 0.264 e. The summed E-state index contributed by atoms with van der Waals surface area (Å²) in [6, 6.07) is 9.10. The van der Waals surface area contributed by atoms with Gasteiger partial charge < -0.3 is 9.80 Å². The fourth-order valence-corrected chi connectivity index (χ4v) is 2.28. The Morgan fingerprint density at radius 3 is 2.65 bits per heavy atom. The fraction of sp³-hybridized carbons (Fsp3) is 0.333. The van der Waals surface area contributed by atoms with Crippen molar-refractivity contribution < 1.29 is 4.79 Å². The number of likely N-dealkylation sites (N-methyl/N-ethyl adjacent to an activating group) is 1. The van der Waals surface area contributed by atoms with Crippen molar-refractivity contribution in [1.82, 2.24) is 9.80 Å². The van der Waals surface area contributed by atoms with Gasteiger partial charge in [0.05, 0.1) is 0 Å². The van der Waals surface area contributed by atoms with Gasteiger partial charge in [-0.2, -0.15) is 5.26 Å². The van der Waals surface area contributed by atoms with Crippen LogP contribution in [-0.4, -0.2) is 48.9 Å². The van der Waals surface area contributed by atoms with Crippen LogP contribution >= 0.6 is 11.6 Å². The van der Waals surface area contributed by atoms with Gasteiger partial charge in [-0.15, -0.1) is 0 Å². The van der Waals surface area contributed by atoms with E-state index in [9.17, 15) is 10.1 Å². The predicted octanol–water partition coefficient (Wildman–Crippen LogP) is 2.02. The lowest BCUT2D eigenvalue weighted by molar-refractivity contribution is -0.128. The predicted molar refractivity (Wildman–Crippen MR) is 79.1 cm³/mol. The summed E-state index contributed by atoms with van der Waals surface area (Å²) >= 11 is 5.90. The molecule has 2 rings (SSSR count). The van der Waals surface area contributed by atoms with E-state index in [0.717, 1.165) is 18.7 Å². The van der Waals surface area contributed by atoms with E-state index in [2.05, 4.69) is 4.90 Å². The molecule has 1 aromatic carbocycles. The average Bonchev–Trinajstić information content (AvgIpc) is 2.45. The number of amides is 1. The number of benzene rings is 1. The molecular weight excluding hydrogens is 274 g/mol. The lowest BCUT2D eigenvalue weighted by Gasteiger charge is -2.32. The second-order valence-electron chi connectivity index (χ2n) is 4.82. The van der Waals surface area contributed by atoms with Crippen LogP contribution in [0.15, 0.2) is 29.8 Å². The number of hydrogen-bond acceptors (Lipinski definition) is 3. The summed E-state index contributed by atoms with van der Waals surface area (Å²) in [5.41, 5.74) is 0.911. The summed E-state index contributed by atoms with van der Waals surface area (Å²) < 4.78 is 0. The maximum Gasteiger partial charge on any atom is 0.264 e. The Hall–Kier alpha value is -1.83. The van der Waals surface area contributed by atoms with Gasteiger partial charge in [0.25, 0.3) is 5.91 Å². The first-order chi connectivity index (χ1) is 9.60. The summed E-state index contributed by atoms with van der Waals surface area (Å²) in [7, 11) is 2.02. The van der Waals surface area contributed by atoms with Crippen molar-refractivity contribution in [1.29, 1.82) is 5.26 Å². The van der Waals surface area contributed by atoms with E-state index >= 15 is 0 Å². The minimum absolute atomic E-state index is 0.150. The molecule has 0 aromatic heterocycles. The number of carbonyl (C=O) groups excluding carboxylic acids is 1. The minimum atomic E-state index is -0.208. The maximum atomic E-state index is 12.3. The molecular formula is C15H16ClN3O. The number of piperazine rings is 1. The SMILES string of the molecule is CN1CCN(C(=O)/C(C#N)=C/c2cccc(Cl)c2)CC1. The monoisotopic (exact) mass is 289 g/mol. The fourth-order valence-electron chi connectivity index (χ4n) is 2.08. The third-order valence-corrected chi connectivity index (χ3v) is 3.54. The first kappa shape index (κ1) is 14.6. The molecule has 1 heterocycles. The average molecular weight is 290 g/mol. The van der Waals surface area contributed by atoms with Crippen LogP contribution in [0.2, 0.25) is 5.02 Å². The van der Waals surface area contributed by atoms with Gasteiger partial charge in [-0.3, -0.25) is 4.79 Å². The highest BCUT2D eigenvalue weighted by molar-refractivity contribution is 6.30. The van der Waals surface area contributed by atoms with Gasteiger partial charge in [0.2, 0.25) is 0 Å². The Morgan fingerprint density at radius 1 is 1.35 bits per heavy atom. The van der Waals surface area contributed by atoms with Gasteiger partial charge in [0.1, 0.15) is 11.6 Å². The lowest BCUT2D eigenvalue weighted by Crippen LogP contribution is -2.47. The molecule has 1 amide bonds. The maximum absolute atomic E-state index is 12.3.